The number of hydrogen-bond donors (Lipinski definition) is 0. The van der Waals surface area contributed by atoms with Crippen LogP contribution in [0.2, 0.25) is 0 Å². The van der Waals surface area contributed by atoms with Gasteiger partial charge in [-0.2, -0.15) is 15.5 Å². The Morgan fingerprint density at radius 1 is 1.26 bits per heavy atom. The standard InChI is InChI=1S/C22H28N4O/c1-3-27-17-22(10-8-19-4-6-20(14-23)7-5-19)11-13-26(16-22)18(2)21-9-12-24-25-15-21/h4-7,9,12,15,18H,3,8,10-11,13,16-17H2,1-2H3/t18?,22-/m1/s1. The van der Waals surface area contributed by atoms with Crippen molar-refractivity contribution in [1.82, 2.24) is 15.1 Å². The Morgan fingerprint density at radius 2 is 2.07 bits per heavy atom. The number of rotatable bonds is 8. The Morgan fingerprint density at radius 3 is 2.74 bits per heavy atom. The van der Waals surface area contributed by atoms with Gasteiger partial charge in [-0.05, 0) is 69.0 Å². The van der Waals surface area contributed by atoms with Crippen LogP contribution in [0.1, 0.15) is 49.4 Å². The van der Waals surface area contributed by atoms with Crippen molar-refractivity contribution in [2.45, 2.75) is 39.2 Å². The summed E-state index contributed by atoms with van der Waals surface area (Å²) in [5, 5.41) is 16.9. The molecule has 0 radical (unpaired) electrons. The highest BCUT2D eigenvalue weighted by molar-refractivity contribution is 5.31. The number of hydrogen-bond acceptors (Lipinski definition) is 5. The first kappa shape index (κ1) is 19.5. The quantitative estimate of drug-likeness (QED) is 0.713. The molecule has 0 amide bonds. The monoisotopic (exact) mass is 364 g/mol. The Labute approximate surface area is 162 Å². The maximum Gasteiger partial charge on any atom is 0.0991 e. The van der Waals surface area contributed by atoms with E-state index in [0.717, 1.165) is 51.1 Å². The number of ether oxygens (including phenoxy) is 1. The largest absolute Gasteiger partial charge is 0.381 e. The van der Waals surface area contributed by atoms with Crippen molar-refractivity contribution < 1.29 is 4.74 Å². The maximum atomic E-state index is 8.96. The molecular formula is C22H28N4O. The molecule has 1 saturated heterocycles. The molecule has 5 nitrogen and oxygen atoms in total. The van der Waals surface area contributed by atoms with E-state index in [0.29, 0.717) is 6.04 Å². The van der Waals surface area contributed by atoms with Crippen molar-refractivity contribution >= 4 is 0 Å². The van der Waals surface area contributed by atoms with Gasteiger partial charge >= 0.3 is 0 Å². The van der Waals surface area contributed by atoms with Crippen molar-refractivity contribution in [3.8, 4) is 6.07 Å². The SMILES string of the molecule is CCOC[C@]1(CCc2ccc(C#N)cc2)CCN(C(C)c2ccnnc2)C1. The van der Waals surface area contributed by atoms with Gasteiger partial charge in [-0.3, -0.25) is 4.90 Å². The molecule has 1 unspecified atom stereocenters. The van der Waals surface area contributed by atoms with E-state index in [-0.39, 0.29) is 5.41 Å². The van der Waals surface area contributed by atoms with E-state index in [2.05, 4.69) is 53.2 Å². The summed E-state index contributed by atoms with van der Waals surface area (Å²) in [5.41, 5.74) is 3.40. The van der Waals surface area contributed by atoms with Gasteiger partial charge in [-0.1, -0.05) is 12.1 Å². The lowest BCUT2D eigenvalue weighted by Crippen LogP contribution is -2.33. The zero-order valence-corrected chi connectivity index (χ0v) is 16.3. The van der Waals surface area contributed by atoms with Gasteiger partial charge in [0.05, 0.1) is 24.4 Å². The molecule has 1 aromatic carbocycles. The van der Waals surface area contributed by atoms with Crippen molar-refractivity contribution in [2.75, 3.05) is 26.3 Å². The summed E-state index contributed by atoms with van der Waals surface area (Å²) in [6.07, 6.45) is 6.88. The Balaban J connectivity index is 1.67. The van der Waals surface area contributed by atoms with E-state index in [9.17, 15) is 0 Å². The summed E-state index contributed by atoms with van der Waals surface area (Å²) in [6.45, 7) is 7.97. The van der Waals surface area contributed by atoms with E-state index >= 15 is 0 Å². The van der Waals surface area contributed by atoms with Crippen LogP contribution in [0.3, 0.4) is 0 Å². The normalized spacial score (nSPS) is 21.1. The van der Waals surface area contributed by atoms with Crippen LogP contribution in [0.25, 0.3) is 0 Å². The molecule has 0 bridgehead atoms. The molecule has 1 fully saturated rings. The first-order valence-electron chi connectivity index (χ1n) is 9.73. The van der Waals surface area contributed by atoms with Gasteiger partial charge in [0, 0.05) is 30.8 Å². The van der Waals surface area contributed by atoms with E-state index in [4.69, 9.17) is 10.00 Å². The second-order valence-electron chi connectivity index (χ2n) is 7.52. The van der Waals surface area contributed by atoms with Gasteiger partial charge in [0.1, 0.15) is 0 Å². The predicted octanol–water partition coefficient (Wildman–Crippen LogP) is 3.77. The lowest BCUT2D eigenvalue weighted by atomic mass is 9.82. The van der Waals surface area contributed by atoms with Gasteiger partial charge in [-0.25, -0.2) is 0 Å². The van der Waals surface area contributed by atoms with Crippen LogP contribution in [0.4, 0.5) is 0 Å². The van der Waals surface area contributed by atoms with Crippen LogP contribution >= 0.6 is 0 Å². The van der Waals surface area contributed by atoms with Crippen LogP contribution in [0.15, 0.2) is 42.7 Å². The Hall–Kier alpha value is -2.29. The average molecular weight is 364 g/mol. The third kappa shape index (κ3) is 4.91. The van der Waals surface area contributed by atoms with E-state index < -0.39 is 0 Å². The van der Waals surface area contributed by atoms with Gasteiger partial charge in [0.2, 0.25) is 0 Å². The zero-order valence-electron chi connectivity index (χ0n) is 16.3. The molecular weight excluding hydrogens is 336 g/mol. The van der Waals surface area contributed by atoms with Gasteiger partial charge in [0.15, 0.2) is 0 Å². The lowest BCUT2D eigenvalue weighted by molar-refractivity contribution is 0.0466. The topological polar surface area (TPSA) is 62.0 Å². The van der Waals surface area contributed by atoms with Crippen molar-refractivity contribution in [2.24, 2.45) is 5.41 Å². The molecule has 0 aliphatic carbocycles. The number of nitriles is 1. The van der Waals surface area contributed by atoms with Crippen LogP contribution in [0.5, 0.6) is 0 Å². The third-order valence-corrected chi connectivity index (χ3v) is 5.74. The minimum Gasteiger partial charge on any atom is -0.381 e. The molecule has 5 heteroatoms. The molecule has 2 heterocycles. The number of aromatic nitrogens is 2. The molecule has 142 valence electrons. The smallest absolute Gasteiger partial charge is 0.0991 e. The summed E-state index contributed by atoms with van der Waals surface area (Å²) >= 11 is 0. The average Bonchev–Trinajstić information content (AvgIpc) is 3.16. The van der Waals surface area contributed by atoms with Gasteiger partial charge in [-0.15, -0.1) is 0 Å². The summed E-state index contributed by atoms with van der Waals surface area (Å²) < 4.78 is 5.89. The van der Waals surface area contributed by atoms with Crippen LogP contribution in [-0.2, 0) is 11.2 Å². The Bertz CT molecular complexity index is 756. The molecule has 2 atom stereocenters. The molecule has 27 heavy (non-hydrogen) atoms. The van der Waals surface area contributed by atoms with E-state index in [1.165, 1.54) is 11.1 Å². The highest BCUT2D eigenvalue weighted by Crippen LogP contribution is 2.39. The summed E-state index contributed by atoms with van der Waals surface area (Å²) in [4.78, 5) is 2.54. The number of benzene rings is 1. The first-order chi connectivity index (χ1) is 13.2. The molecule has 3 rings (SSSR count). The third-order valence-electron chi connectivity index (χ3n) is 5.74. The second kappa shape index (κ2) is 9.07. The maximum absolute atomic E-state index is 8.96. The predicted molar refractivity (Wildman–Crippen MR) is 105 cm³/mol. The molecule has 2 aromatic rings. The van der Waals surface area contributed by atoms with Gasteiger partial charge in [0.25, 0.3) is 0 Å². The number of aryl methyl sites for hydroxylation is 1. The summed E-state index contributed by atoms with van der Waals surface area (Å²) in [7, 11) is 0. The Kier molecular flexibility index (Phi) is 6.54. The number of nitrogens with zero attached hydrogens (tertiary/aromatic N) is 4. The van der Waals surface area contributed by atoms with Crippen molar-refractivity contribution in [3.05, 3.63) is 59.4 Å². The molecule has 0 saturated carbocycles. The molecule has 0 N–H and O–H groups in total. The highest BCUT2D eigenvalue weighted by Gasteiger charge is 2.39. The lowest BCUT2D eigenvalue weighted by Gasteiger charge is -2.31. The minimum atomic E-state index is 0.179. The van der Waals surface area contributed by atoms with Crippen LogP contribution in [-0.4, -0.2) is 41.4 Å². The molecule has 1 aromatic heterocycles. The number of likely N-dealkylation sites (tertiary alicyclic amines) is 1. The zero-order chi connectivity index (χ0) is 19.1. The van der Waals surface area contributed by atoms with Crippen LogP contribution < -0.4 is 0 Å². The van der Waals surface area contributed by atoms with E-state index in [1.807, 2.05) is 18.3 Å². The van der Waals surface area contributed by atoms with Crippen LogP contribution in [0, 0.1) is 16.7 Å². The molecule has 0 spiro atoms. The molecule has 1 aliphatic rings. The second-order valence-corrected chi connectivity index (χ2v) is 7.52. The minimum absolute atomic E-state index is 0.179. The first-order valence-corrected chi connectivity index (χ1v) is 9.73. The molecule has 1 aliphatic heterocycles. The van der Waals surface area contributed by atoms with Gasteiger partial charge < -0.3 is 4.74 Å². The summed E-state index contributed by atoms with van der Waals surface area (Å²) in [6, 6.07) is 12.5. The fourth-order valence-electron chi connectivity index (χ4n) is 3.93. The fraction of sp³-hybridized carbons (Fsp3) is 0.500. The van der Waals surface area contributed by atoms with E-state index in [1.54, 1.807) is 6.20 Å². The fourth-order valence-corrected chi connectivity index (χ4v) is 3.93. The van der Waals surface area contributed by atoms with Crippen molar-refractivity contribution in [3.63, 3.8) is 0 Å². The highest BCUT2D eigenvalue weighted by atomic mass is 16.5. The van der Waals surface area contributed by atoms with Crippen molar-refractivity contribution in [1.29, 1.82) is 5.26 Å². The summed E-state index contributed by atoms with van der Waals surface area (Å²) in [5.74, 6) is 0.